The summed E-state index contributed by atoms with van der Waals surface area (Å²) in [5.74, 6) is -0.121. The SMILES string of the molecule is O=C(Oc1cccc2ccccc12)C1(C(=O)Oc2cccc3ccccc23)CCCCC1. The molecule has 0 bridgehead atoms. The highest BCUT2D eigenvalue weighted by atomic mass is 16.6. The van der Waals surface area contributed by atoms with Gasteiger partial charge in [0.1, 0.15) is 11.5 Å². The number of ether oxygens (including phenoxy) is 2. The average molecular weight is 424 g/mol. The summed E-state index contributed by atoms with van der Waals surface area (Å²) in [6, 6.07) is 26.7. The Bertz CT molecular complexity index is 1200. The Morgan fingerprint density at radius 3 is 1.50 bits per heavy atom. The standard InChI is InChI=1S/C28H24O4/c29-26(31-24-16-8-12-20-10-2-4-14-22(20)24)28(18-6-1-7-19-28)27(30)32-25-17-9-13-21-11-3-5-15-23(21)25/h2-5,8-17H,1,6-7,18-19H2. The molecule has 160 valence electrons. The number of rotatable bonds is 4. The second kappa shape index (κ2) is 8.46. The lowest BCUT2D eigenvalue weighted by molar-refractivity contribution is -0.163. The highest BCUT2D eigenvalue weighted by Gasteiger charge is 2.50. The molecule has 4 heteroatoms. The molecule has 0 amide bonds. The van der Waals surface area contributed by atoms with Crippen molar-refractivity contribution in [3.8, 4) is 11.5 Å². The number of carbonyl (C=O) groups excluding carboxylic acids is 2. The number of hydrogen-bond donors (Lipinski definition) is 0. The van der Waals surface area contributed by atoms with Crippen molar-refractivity contribution >= 4 is 33.5 Å². The van der Waals surface area contributed by atoms with Crippen LogP contribution in [0.5, 0.6) is 11.5 Å². The fourth-order valence-corrected chi connectivity index (χ4v) is 4.61. The van der Waals surface area contributed by atoms with Crippen LogP contribution in [0.25, 0.3) is 21.5 Å². The maximum atomic E-state index is 13.5. The van der Waals surface area contributed by atoms with Crippen molar-refractivity contribution in [3.05, 3.63) is 84.9 Å². The first-order valence-corrected chi connectivity index (χ1v) is 11.1. The summed E-state index contributed by atoms with van der Waals surface area (Å²) in [7, 11) is 0. The summed E-state index contributed by atoms with van der Waals surface area (Å²) in [4.78, 5) is 27.0. The van der Waals surface area contributed by atoms with E-state index in [2.05, 4.69) is 0 Å². The van der Waals surface area contributed by atoms with E-state index in [9.17, 15) is 9.59 Å². The molecule has 0 aromatic heterocycles. The molecule has 5 rings (SSSR count). The van der Waals surface area contributed by atoms with Gasteiger partial charge in [-0.1, -0.05) is 92.1 Å². The summed E-state index contributed by atoms with van der Waals surface area (Å²) in [6.45, 7) is 0. The fraction of sp³-hybridized carbons (Fsp3) is 0.214. The molecule has 4 nitrogen and oxygen atoms in total. The molecule has 1 saturated carbocycles. The van der Waals surface area contributed by atoms with Crippen LogP contribution in [0.2, 0.25) is 0 Å². The van der Waals surface area contributed by atoms with E-state index in [-0.39, 0.29) is 0 Å². The molecule has 0 atom stereocenters. The Labute approximate surface area is 186 Å². The van der Waals surface area contributed by atoms with Gasteiger partial charge in [-0.2, -0.15) is 0 Å². The minimum Gasteiger partial charge on any atom is -0.425 e. The maximum Gasteiger partial charge on any atom is 0.328 e. The minimum atomic E-state index is -1.30. The van der Waals surface area contributed by atoms with Gasteiger partial charge < -0.3 is 9.47 Å². The number of hydrogen-bond acceptors (Lipinski definition) is 4. The fourth-order valence-electron chi connectivity index (χ4n) is 4.61. The van der Waals surface area contributed by atoms with Gasteiger partial charge in [0.15, 0.2) is 5.41 Å². The summed E-state index contributed by atoms with van der Waals surface area (Å²) in [5, 5.41) is 3.65. The van der Waals surface area contributed by atoms with Crippen molar-refractivity contribution in [2.45, 2.75) is 32.1 Å². The van der Waals surface area contributed by atoms with Gasteiger partial charge in [-0.15, -0.1) is 0 Å². The van der Waals surface area contributed by atoms with E-state index in [0.717, 1.165) is 40.8 Å². The lowest BCUT2D eigenvalue weighted by Crippen LogP contribution is -2.46. The average Bonchev–Trinajstić information content (AvgIpc) is 2.85. The molecule has 1 aliphatic rings. The molecule has 1 fully saturated rings. The van der Waals surface area contributed by atoms with E-state index in [4.69, 9.17) is 9.47 Å². The lowest BCUT2D eigenvalue weighted by atomic mass is 9.74. The summed E-state index contributed by atoms with van der Waals surface area (Å²) in [5.41, 5.74) is -1.30. The minimum absolute atomic E-state index is 0.431. The molecule has 0 unspecified atom stereocenters. The largest absolute Gasteiger partial charge is 0.425 e. The highest BCUT2D eigenvalue weighted by molar-refractivity contribution is 6.04. The van der Waals surface area contributed by atoms with Crippen LogP contribution < -0.4 is 9.47 Å². The molecule has 0 aliphatic heterocycles. The van der Waals surface area contributed by atoms with Crippen LogP contribution in [0.1, 0.15) is 32.1 Å². The van der Waals surface area contributed by atoms with E-state index >= 15 is 0 Å². The Morgan fingerprint density at radius 2 is 1.00 bits per heavy atom. The predicted octanol–water partition coefficient (Wildman–Crippen LogP) is 6.45. The van der Waals surface area contributed by atoms with Crippen LogP contribution in [0.15, 0.2) is 84.9 Å². The molecule has 4 aromatic carbocycles. The van der Waals surface area contributed by atoms with Crippen molar-refractivity contribution in [2.24, 2.45) is 5.41 Å². The molecule has 0 N–H and O–H groups in total. The third kappa shape index (κ3) is 3.62. The van der Waals surface area contributed by atoms with Gasteiger partial charge in [-0.3, -0.25) is 9.59 Å². The number of benzene rings is 4. The van der Waals surface area contributed by atoms with Crippen molar-refractivity contribution in [3.63, 3.8) is 0 Å². The van der Waals surface area contributed by atoms with Gasteiger partial charge in [-0.05, 0) is 35.7 Å². The van der Waals surface area contributed by atoms with Crippen LogP contribution in [0.3, 0.4) is 0 Å². The van der Waals surface area contributed by atoms with Gasteiger partial charge in [0.05, 0.1) is 0 Å². The van der Waals surface area contributed by atoms with Gasteiger partial charge in [0, 0.05) is 10.8 Å². The topological polar surface area (TPSA) is 52.6 Å². The zero-order valence-electron chi connectivity index (χ0n) is 17.8. The Kier molecular flexibility index (Phi) is 5.36. The highest BCUT2D eigenvalue weighted by Crippen LogP contribution is 2.41. The van der Waals surface area contributed by atoms with Gasteiger partial charge >= 0.3 is 11.9 Å². The van der Waals surface area contributed by atoms with E-state index in [1.54, 1.807) is 12.1 Å². The van der Waals surface area contributed by atoms with Crippen molar-refractivity contribution in [2.75, 3.05) is 0 Å². The zero-order valence-corrected chi connectivity index (χ0v) is 17.8. The maximum absolute atomic E-state index is 13.5. The number of carbonyl (C=O) groups is 2. The summed E-state index contributed by atoms with van der Waals surface area (Å²) >= 11 is 0. The van der Waals surface area contributed by atoms with Crippen molar-refractivity contribution in [1.29, 1.82) is 0 Å². The molecule has 4 aromatic rings. The Morgan fingerprint density at radius 1 is 0.562 bits per heavy atom. The van der Waals surface area contributed by atoms with Crippen LogP contribution in [0.4, 0.5) is 0 Å². The third-order valence-electron chi connectivity index (χ3n) is 6.39. The van der Waals surface area contributed by atoms with E-state index in [1.165, 1.54) is 0 Å². The second-order valence-corrected chi connectivity index (χ2v) is 8.38. The normalized spacial score (nSPS) is 15.4. The number of fused-ring (bicyclic) bond motifs is 2. The molecule has 0 saturated heterocycles. The first-order chi connectivity index (χ1) is 15.7. The molecule has 0 radical (unpaired) electrons. The van der Waals surface area contributed by atoms with E-state index in [0.29, 0.717) is 24.3 Å². The van der Waals surface area contributed by atoms with Crippen LogP contribution >= 0.6 is 0 Å². The molecule has 0 spiro atoms. The Hall–Kier alpha value is -3.66. The third-order valence-corrected chi connectivity index (χ3v) is 6.39. The lowest BCUT2D eigenvalue weighted by Gasteiger charge is -2.32. The monoisotopic (exact) mass is 424 g/mol. The van der Waals surface area contributed by atoms with Crippen LogP contribution in [0, 0.1) is 5.41 Å². The number of esters is 2. The molecule has 0 heterocycles. The van der Waals surface area contributed by atoms with Crippen LogP contribution in [-0.2, 0) is 9.59 Å². The quantitative estimate of drug-likeness (QED) is 0.214. The van der Waals surface area contributed by atoms with Gasteiger partial charge in [-0.25, -0.2) is 0 Å². The molecule has 32 heavy (non-hydrogen) atoms. The molecular weight excluding hydrogens is 400 g/mol. The van der Waals surface area contributed by atoms with Gasteiger partial charge in [0.2, 0.25) is 0 Å². The molecule has 1 aliphatic carbocycles. The zero-order chi connectivity index (χ0) is 22.0. The molecular formula is C28H24O4. The van der Waals surface area contributed by atoms with Gasteiger partial charge in [0.25, 0.3) is 0 Å². The van der Waals surface area contributed by atoms with Crippen molar-refractivity contribution < 1.29 is 19.1 Å². The summed E-state index contributed by atoms with van der Waals surface area (Å²) in [6.07, 6.45) is 3.43. The van der Waals surface area contributed by atoms with E-state index < -0.39 is 17.4 Å². The first kappa shape index (κ1) is 20.3. The predicted molar refractivity (Wildman–Crippen MR) is 125 cm³/mol. The van der Waals surface area contributed by atoms with E-state index in [1.807, 2.05) is 72.8 Å². The second-order valence-electron chi connectivity index (χ2n) is 8.38. The smallest absolute Gasteiger partial charge is 0.328 e. The Balaban J connectivity index is 1.47. The first-order valence-electron chi connectivity index (χ1n) is 11.1. The summed E-state index contributed by atoms with van der Waals surface area (Å²) < 4.78 is 11.8. The van der Waals surface area contributed by atoms with Crippen LogP contribution in [-0.4, -0.2) is 11.9 Å². The van der Waals surface area contributed by atoms with Crippen molar-refractivity contribution in [1.82, 2.24) is 0 Å².